The molecule has 4 nitrogen and oxygen atoms in total. The summed E-state index contributed by atoms with van der Waals surface area (Å²) in [4.78, 5) is 16.7. The van der Waals surface area contributed by atoms with E-state index in [-0.39, 0.29) is 5.91 Å². The van der Waals surface area contributed by atoms with Crippen LogP contribution in [0.2, 0.25) is 5.15 Å². The Labute approximate surface area is 94.3 Å². The molecule has 0 saturated carbocycles. The van der Waals surface area contributed by atoms with E-state index >= 15 is 0 Å². The minimum Gasteiger partial charge on any atom is -0.348 e. The van der Waals surface area contributed by atoms with Gasteiger partial charge in [-0.2, -0.15) is 0 Å². The van der Waals surface area contributed by atoms with Crippen LogP contribution in [0.4, 0.5) is 0 Å². The molecule has 1 amide bonds. The molecule has 0 bridgehead atoms. The van der Waals surface area contributed by atoms with Crippen molar-refractivity contribution in [1.29, 1.82) is 0 Å². The largest absolute Gasteiger partial charge is 0.348 e. The summed E-state index contributed by atoms with van der Waals surface area (Å²) in [5, 5.41) is 3.48. The van der Waals surface area contributed by atoms with Crippen molar-refractivity contribution in [2.45, 2.75) is 6.54 Å². The topological polar surface area (TPSA) is 45.2 Å². The minimum atomic E-state index is 0.0370. The number of pyridine rings is 1. The number of carbonyl (C=O) groups excluding carboxylic acids is 1. The molecule has 0 aliphatic heterocycles. The van der Waals surface area contributed by atoms with Gasteiger partial charge in [-0.1, -0.05) is 17.7 Å². The van der Waals surface area contributed by atoms with Crippen LogP contribution in [0.15, 0.2) is 18.3 Å². The molecule has 1 N–H and O–H groups in total. The van der Waals surface area contributed by atoms with Crippen molar-refractivity contribution in [3.63, 3.8) is 0 Å². The second-order valence-electron chi connectivity index (χ2n) is 3.35. The molecule has 0 saturated heterocycles. The summed E-state index contributed by atoms with van der Waals surface area (Å²) in [5.74, 6) is 0.0370. The van der Waals surface area contributed by atoms with Gasteiger partial charge in [0.1, 0.15) is 5.15 Å². The highest BCUT2D eigenvalue weighted by atomic mass is 35.5. The van der Waals surface area contributed by atoms with Crippen LogP contribution >= 0.6 is 11.6 Å². The molecule has 0 aliphatic rings. The number of halogens is 1. The van der Waals surface area contributed by atoms with Crippen molar-refractivity contribution in [3.05, 3.63) is 29.0 Å². The van der Waals surface area contributed by atoms with Gasteiger partial charge in [-0.25, -0.2) is 4.98 Å². The number of aromatic nitrogens is 1. The highest BCUT2D eigenvalue weighted by Crippen LogP contribution is 2.10. The molecule has 0 atom stereocenters. The molecule has 0 unspecified atom stereocenters. The van der Waals surface area contributed by atoms with E-state index in [1.54, 1.807) is 20.3 Å². The summed E-state index contributed by atoms with van der Waals surface area (Å²) in [6.07, 6.45) is 1.64. The smallest absolute Gasteiger partial charge is 0.236 e. The summed E-state index contributed by atoms with van der Waals surface area (Å²) in [5.41, 5.74) is 0.894. The average Bonchev–Trinajstić information content (AvgIpc) is 2.20. The van der Waals surface area contributed by atoms with E-state index in [1.807, 2.05) is 12.1 Å². The van der Waals surface area contributed by atoms with Crippen molar-refractivity contribution >= 4 is 17.5 Å². The van der Waals surface area contributed by atoms with Gasteiger partial charge >= 0.3 is 0 Å². The van der Waals surface area contributed by atoms with Crippen molar-refractivity contribution in [3.8, 4) is 0 Å². The number of carbonyl (C=O) groups is 1. The van der Waals surface area contributed by atoms with E-state index in [1.165, 1.54) is 4.90 Å². The molecule has 1 heterocycles. The molecular formula is C10H14ClN3O. The molecule has 0 radical (unpaired) electrons. The Kier molecular flexibility index (Phi) is 4.52. The first kappa shape index (κ1) is 11.9. The van der Waals surface area contributed by atoms with Crippen molar-refractivity contribution in [2.24, 2.45) is 0 Å². The van der Waals surface area contributed by atoms with Crippen LogP contribution in [0.1, 0.15) is 5.56 Å². The third-order valence-electron chi connectivity index (χ3n) is 1.93. The molecule has 82 valence electrons. The minimum absolute atomic E-state index is 0.0370. The number of nitrogens with one attached hydrogen (secondary N) is 1. The summed E-state index contributed by atoms with van der Waals surface area (Å²) in [6.45, 7) is 0.852. The van der Waals surface area contributed by atoms with Gasteiger partial charge in [-0.05, 0) is 6.07 Å². The lowest BCUT2D eigenvalue weighted by atomic mass is 10.3. The zero-order valence-electron chi connectivity index (χ0n) is 8.83. The maximum absolute atomic E-state index is 11.2. The molecule has 1 rings (SSSR count). The zero-order valence-corrected chi connectivity index (χ0v) is 9.58. The first-order valence-electron chi connectivity index (χ1n) is 4.61. The molecule has 0 aliphatic carbocycles. The van der Waals surface area contributed by atoms with Gasteiger partial charge in [0, 0.05) is 32.4 Å². The first-order valence-corrected chi connectivity index (χ1v) is 4.99. The number of amides is 1. The highest BCUT2D eigenvalue weighted by molar-refractivity contribution is 6.30. The number of hydrogen-bond donors (Lipinski definition) is 1. The van der Waals surface area contributed by atoms with Crippen LogP contribution in [0.5, 0.6) is 0 Å². The van der Waals surface area contributed by atoms with Crippen LogP contribution < -0.4 is 5.32 Å². The second kappa shape index (κ2) is 5.68. The lowest BCUT2D eigenvalue weighted by Crippen LogP contribution is -2.32. The van der Waals surface area contributed by atoms with Gasteiger partial charge in [0.2, 0.25) is 5.91 Å². The Morgan fingerprint density at radius 1 is 1.60 bits per heavy atom. The predicted molar refractivity (Wildman–Crippen MR) is 59.6 cm³/mol. The lowest BCUT2D eigenvalue weighted by Gasteiger charge is -2.11. The Morgan fingerprint density at radius 3 is 2.93 bits per heavy atom. The fourth-order valence-electron chi connectivity index (χ4n) is 1.01. The molecule has 0 spiro atoms. The van der Waals surface area contributed by atoms with E-state index in [9.17, 15) is 4.79 Å². The van der Waals surface area contributed by atoms with Crippen LogP contribution in [-0.2, 0) is 11.3 Å². The maximum Gasteiger partial charge on any atom is 0.236 e. The summed E-state index contributed by atoms with van der Waals surface area (Å²) in [6, 6.07) is 3.69. The molecular weight excluding hydrogens is 214 g/mol. The highest BCUT2D eigenvalue weighted by Gasteiger charge is 2.04. The van der Waals surface area contributed by atoms with Gasteiger partial charge in [0.25, 0.3) is 0 Å². The summed E-state index contributed by atoms with van der Waals surface area (Å²) < 4.78 is 0. The van der Waals surface area contributed by atoms with Crippen LogP contribution in [-0.4, -0.2) is 36.4 Å². The lowest BCUT2D eigenvalue weighted by molar-refractivity contribution is -0.127. The zero-order chi connectivity index (χ0) is 11.3. The fraction of sp³-hybridized carbons (Fsp3) is 0.400. The first-order chi connectivity index (χ1) is 7.11. The van der Waals surface area contributed by atoms with Gasteiger partial charge in [0.15, 0.2) is 0 Å². The summed E-state index contributed by atoms with van der Waals surface area (Å²) in [7, 11) is 3.45. The Bertz CT molecular complexity index is 341. The van der Waals surface area contributed by atoms with E-state index in [4.69, 9.17) is 11.6 Å². The van der Waals surface area contributed by atoms with Gasteiger partial charge in [-0.3, -0.25) is 4.79 Å². The third kappa shape index (κ3) is 3.85. The third-order valence-corrected chi connectivity index (χ3v) is 2.27. The number of hydrogen-bond acceptors (Lipinski definition) is 3. The Morgan fingerprint density at radius 2 is 2.33 bits per heavy atom. The molecule has 1 aromatic heterocycles. The quantitative estimate of drug-likeness (QED) is 0.778. The summed E-state index contributed by atoms with van der Waals surface area (Å²) >= 11 is 5.86. The molecule has 0 aromatic carbocycles. The normalized spacial score (nSPS) is 10.1. The number of rotatable bonds is 4. The molecule has 5 heteroatoms. The predicted octanol–water partition coefficient (Wildman–Crippen LogP) is 0.913. The van der Waals surface area contributed by atoms with Crippen molar-refractivity contribution < 1.29 is 4.79 Å². The molecule has 15 heavy (non-hydrogen) atoms. The monoisotopic (exact) mass is 227 g/mol. The van der Waals surface area contributed by atoms with Gasteiger partial charge in [0.05, 0.1) is 6.54 Å². The average molecular weight is 228 g/mol. The van der Waals surface area contributed by atoms with E-state index in [2.05, 4.69) is 10.3 Å². The fourth-order valence-corrected chi connectivity index (χ4v) is 1.20. The maximum atomic E-state index is 11.2. The van der Waals surface area contributed by atoms with Gasteiger partial charge < -0.3 is 10.2 Å². The standard InChI is InChI=1S/C10H14ClN3O/c1-14(2)9(15)7-12-6-8-4-3-5-13-10(8)11/h3-5,12H,6-7H2,1-2H3. The van der Waals surface area contributed by atoms with Gasteiger partial charge in [-0.15, -0.1) is 0 Å². The Balaban J connectivity index is 2.38. The van der Waals surface area contributed by atoms with Crippen molar-refractivity contribution in [2.75, 3.05) is 20.6 Å². The van der Waals surface area contributed by atoms with Crippen LogP contribution in [0.3, 0.4) is 0 Å². The van der Waals surface area contributed by atoms with E-state index in [0.29, 0.717) is 18.2 Å². The number of likely N-dealkylation sites (N-methyl/N-ethyl adjacent to an activating group) is 1. The van der Waals surface area contributed by atoms with Crippen LogP contribution in [0, 0.1) is 0 Å². The van der Waals surface area contributed by atoms with Crippen LogP contribution in [0.25, 0.3) is 0 Å². The number of nitrogens with zero attached hydrogens (tertiary/aromatic N) is 2. The molecule has 1 aromatic rings. The van der Waals surface area contributed by atoms with Crippen molar-refractivity contribution in [1.82, 2.24) is 15.2 Å². The SMILES string of the molecule is CN(C)C(=O)CNCc1cccnc1Cl. The Hall–Kier alpha value is -1.13. The van der Waals surface area contributed by atoms with E-state index in [0.717, 1.165) is 5.56 Å². The van der Waals surface area contributed by atoms with E-state index < -0.39 is 0 Å². The second-order valence-corrected chi connectivity index (χ2v) is 3.70. The molecule has 0 fully saturated rings.